The molecule has 0 saturated carbocycles. The largest absolute Gasteiger partial charge is 0.388 e. The Kier molecular flexibility index (Phi) is 3.93. The normalized spacial score (nSPS) is 20.8. The van der Waals surface area contributed by atoms with E-state index in [1.807, 2.05) is 31.2 Å². The van der Waals surface area contributed by atoms with E-state index in [1.165, 1.54) is 0 Å². The van der Waals surface area contributed by atoms with E-state index in [2.05, 4.69) is 0 Å². The number of hydrogen-bond donors (Lipinski definition) is 1. The molecular weight excluding hydrogens is 204 g/mol. The standard InChI is InChI=1S/C13H18O3/c1-2-15-8-10-3-5-11(6-4-10)13(14)7-12-9-16-12/h3-6,12-14H,2,7-9H2,1H3. The molecule has 2 unspecified atom stereocenters. The number of ether oxygens (including phenoxy) is 2. The predicted octanol–water partition coefficient (Wildman–Crippen LogP) is 2.05. The summed E-state index contributed by atoms with van der Waals surface area (Å²) in [5, 5.41) is 9.89. The van der Waals surface area contributed by atoms with Crippen LogP contribution in [0.15, 0.2) is 24.3 Å². The van der Waals surface area contributed by atoms with Gasteiger partial charge in [0.2, 0.25) is 0 Å². The van der Waals surface area contributed by atoms with Crippen molar-refractivity contribution in [1.82, 2.24) is 0 Å². The molecule has 16 heavy (non-hydrogen) atoms. The Bertz CT molecular complexity index is 316. The molecule has 1 heterocycles. The smallest absolute Gasteiger partial charge is 0.0837 e. The van der Waals surface area contributed by atoms with E-state index in [0.717, 1.165) is 24.3 Å². The van der Waals surface area contributed by atoms with Gasteiger partial charge in [0.25, 0.3) is 0 Å². The summed E-state index contributed by atoms with van der Waals surface area (Å²) in [7, 11) is 0. The molecule has 2 atom stereocenters. The predicted molar refractivity (Wildman–Crippen MR) is 61.1 cm³/mol. The lowest BCUT2D eigenvalue weighted by Gasteiger charge is -2.10. The summed E-state index contributed by atoms with van der Waals surface area (Å²) in [4.78, 5) is 0. The van der Waals surface area contributed by atoms with Gasteiger partial charge in [0.15, 0.2) is 0 Å². The number of rotatable bonds is 6. The van der Waals surface area contributed by atoms with Gasteiger partial charge >= 0.3 is 0 Å². The Hall–Kier alpha value is -0.900. The van der Waals surface area contributed by atoms with Crippen molar-refractivity contribution in [2.45, 2.75) is 32.2 Å². The van der Waals surface area contributed by atoms with E-state index in [1.54, 1.807) is 0 Å². The highest BCUT2D eigenvalue weighted by Crippen LogP contribution is 2.25. The minimum Gasteiger partial charge on any atom is -0.388 e. The molecule has 0 amide bonds. The summed E-state index contributed by atoms with van der Waals surface area (Å²) in [6.45, 7) is 4.13. The molecule has 1 N–H and O–H groups in total. The van der Waals surface area contributed by atoms with Crippen LogP contribution in [0.1, 0.15) is 30.6 Å². The quantitative estimate of drug-likeness (QED) is 0.749. The van der Waals surface area contributed by atoms with Gasteiger partial charge in [-0.15, -0.1) is 0 Å². The third-order valence-corrected chi connectivity index (χ3v) is 2.73. The summed E-state index contributed by atoms with van der Waals surface area (Å²) in [6, 6.07) is 7.92. The SMILES string of the molecule is CCOCc1ccc(C(O)CC2CO2)cc1. The second-order valence-electron chi connectivity index (χ2n) is 4.09. The van der Waals surface area contributed by atoms with Crippen LogP contribution >= 0.6 is 0 Å². The molecule has 1 aliphatic heterocycles. The molecule has 0 radical (unpaired) electrons. The molecule has 0 aliphatic carbocycles. The Labute approximate surface area is 96.0 Å². The molecule has 0 aromatic heterocycles. The van der Waals surface area contributed by atoms with Crippen molar-refractivity contribution in [3.8, 4) is 0 Å². The zero-order valence-electron chi connectivity index (χ0n) is 9.56. The van der Waals surface area contributed by atoms with Crippen molar-refractivity contribution in [2.75, 3.05) is 13.2 Å². The fraction of sp³-hybridized carbons (Fsp3) is 0.538. The Balaban J connectivity index is 1.89. The fourth-order valence-electron chi connectivity index (χ4n) is 1.65. The minimum absolute atomic E-state index is 0.262. The second kappa shape index (κ2) is 5.43. The highest BCUT2D eigenvalue weighted by atomic mass is 16.6. The number of epoxide rings is 1. The number of hydrogen-bond acceptors (Lipinski definition) is 3. The van der Waals surface area contributed by atoms with Gasteiger partial charge < -0.3 is 14.6 Å². The third kappa shape index (κ3) is 3.30. The zero-order valence-corrected chi connectivity index (χ0v) is 9.56. The van der Waals surface area contributed by atoms with E-state index < -0.39 is 6.10 Å². The van der Waals surface area contributed by atoms with Gasteiger partial charge in [-0.25, -0.2) is 0 Å². The molecule has 1 aliphatic rings. The minimum atomic E-state index is -0.409. The van der Waals surface area contributed by atoms with Gasteiger partial charge in [-0.3, -0.25) is 0 Å². The van der Waals surface area contributed by atoms with Crippen LogP contribution in [0.2, 0.25) is 0 Å². The monoisotopic (exact) mass is 222 g/mol. The Morgan fingerprint density at radius 1 is 1.44 bits per heavy atom. The molecule has 0 spiro atoms. The molecule has 1 fully saturated rings. The lowest BCUT2D eigenvalue weighted by molar-refractivity contribution is 0.133. The van der Waals surface area contributed by atoms with Crippen molar-refractivity contribution in [3.63, 3.8) is 0 Å². The van der Waals surface area contributed by atoms with Gasteiger partial charge in [0.05, 0.1) is 25.4 Å². The topological polar surface area (TPSA) is 42.0 Å². The molecular formula is C13H18O3. The third-order valence-electron chi connectivity index (χ3n) is 2.73. The zero-order chi connectivity index (χ0) is 11.4. The van der Waals surface area contributed by atoms with Crippen molar-refractivity contribution >= 4 is 0 Å². The summed E-state index contributed by atoms with van der Waals surface area (Å²) >= 11 is 0. The average Bonchev–Trinajstić information content (AvgIpc) is 3.11. The summed E-state index contributed by atoms with van der Waals surface area (Å²) in [5.41, 5.74) is 2.09. The molecule has 3 heteroatoms. The maximum Gasteiger partial charge on any atom is 0.0837 e. The average molecular weight is 222 g/mol. The van der Waals surface area contributed by atoms with Gasteiger partial charge in [-0.1, -0.05) is 24.3 Å². The van der Waals surface area contributed by atoms with E-state index in [9.17, 15) is 5.11 Å². The molecule has 0 bridgehead atoms. The summed E-state index contributed by atoms with van der Waals surface area (Å²) in [5.74, 6) is 0. The first-order valence-electron chi connectivity index (χ1n) is 5.76. The Morgan fingerprint density at radius 2 is 2.12 bits per heavy atom. The fourth-order valence-corrected chi connectivity index (χ4v) is 1.65. The van der Waals surface area contributed by atoms with E-state index >= 15 is 0 Å². The number of aliphatic hydroxyl groups is 1. The van der Waals surface area contributed by atoms with Crippen LogP contribution in [-0.4, -0.2) is 24.4 Å². The van der Waals surface area contributed by atoms with E-state index in [-0.39, 0.29) is 6.10 Å². The maximum atomic E-state index is 9.89. The van der Waals surface area contributed by atoms with Crippen molar-refractivity contribution < 1.29 is 14.6 Å². The molecule has 1 saturated heterocycles. The first-order chi connectivity index (χ1) is 7.79. The second-order valence-corrected chi connectivity index (χ2v) is 4.09. The molecule has 1 aromatic rings. The van der Waals surface area contributed by atoms with Crippen molar-refractivity contribution in [2.24, 2.45) is 0 Å². The molecule has 3 nitrogen and oxygen atoms in total. The van der Waals surface area contributed by atoms with E-state index in [0.29, 0.717) is 13.0 Å². The highest BCUT2D eigenvalue weighted by Gasteiger charge is 2.26. The van der Waals surface area contributed by atoms with Gasteiger partial charge in [0, 0.05) is 13.0 Å². The first-order valence-corrected chi connectivity index (χ1v) is 5.76. The number of aliphatic hydroxyl groups excluding tert-OH is 1. The van der Waals surface area contributed by atoms with Crippen LogP contribution in [0.3, 0.4) is 0 Å². The molecule has 2 rings (SSSR count). The van der Waals surface area contributed by atoms with Crippen LogP contribution < -0.4 is 0 Å². The van der Waals surface area contributed by atoms with Gasteiger partial charge in [-0.05, 0) is 18.1 Å². The maximum absolute atomic E-state index is 9.89. The summed E-state index contributed by atoms with van der Waals surface area (Å²) in [6.07, 6.45) is 0.553. The van der Waals surface area contributed by atoms with Gasteiger partial charge in [-0.2, -0.15) is 0 Å². The van der Waals surface area contributed by atoms with Gasteiger partial charge in [0.1, 0.15) is 0 Å². The first kappa shape index (κ1) is 11.6. The van der Waals surface area contributed by atoms with Crippen LogP contribution in [-0.2, 0) is 16.1 Å². The van der Waals surface area contributed by atoms with Crippen LogP contribution in [0, 0.1) is 0 Å². The lowest BCUT2D eigenvalue weighted by atomic mass is 10.0. The van der Waals surface area contributed by atoms with Crippen molar-refractivity contribution in [1.29, 1.82) is 0 Å². The number of benzene rings is 1. The summed E-state index contributed by atoms with van der Waals surface area (Å²) < 4.78 is 10.4. The van der Waals surface area contributed by atoms with Crippen LogP contribution in [0.25, 0.3) is 0 Å². The van der Waals surface area contributed by atoms with Crippen molar-refractivity contribution in [3.05, 3.63) is 35.4 Å². The molecule has 1 aromatic carbocycles. The lowest BCUT2D eigenvalue weighted by Crippen LogP contribution is -2.01. The van der Waals surface area contributed by atoms with Crippen LogP contribution in [0.5, 0.6) is 0 Å². The van der Waals surface area contributed by atoms with Crippen LogP contribution in [0.4, 0.5) is 0 Å². The molecule has 88 valence electrons. The Morgan fingerprint density at radius 3 is 2.69 bits per heavy atom. The van der Waals surface area contributed by atoms with E-state index in [4.69, 9.17) is 9.47 Å². The highest BCUT2D eigenvalue weighted by molar-refractivity contribution is 5.23.